The maximum atomic E-state index is 13.3. The third-order valence-corrected chi connectivity index (χ3v) is 7.44. The fourth-order valence-corrected chi connectivity index (χ4v) is 5.06. The number of carbonyl (C=O) groups is 2. The predicted octanol–water partition coefficient (Wildman–Crippen LogP) is 3.74. The second kappa shape index (κ2) is 15.8. The first-order valence-corrected chi connectivity index (χ1v) is 14.4. The van der Waals surface area contributed by atoms with Crippen molar-refractivity contribution in [1.82, 2.24) is 25.5 Å². The number of halogens is 1. The number of aryl methyl sites for hydroxylation is 3. The Balaban J connectivity index is 1.64. The van der Waals surface area contributed by atoms with E-state index in [1.54, 1.807) is 32.0 Å². The molecule has 1 atom stereocenters. The molecule has 2 heterocycles. The maximum Gasteiger partial charge on any atom is 0.336 e. The van der Waals surface area contributed by atoms with Gasteiger partial charge in [0.1, 0.15) is 0 Å². The third kappa shape index (κ3) is 8.38. The molecule has 0 fully saturated rings. The molecule has 3 rings (SSSR count). The molecule has 2 N–H and O–H groups in total. The molecule has 1 aromatic heterocycles. The summed E-state index contributed by atoms with van der Waals surface area (Å²) in [6.07, 6.45) is 0. The van der Waals surface area contributed by atoms with E-state index in [1.807, 2.05) is 26.8 Å². The highest BCUT2D eigenvalue weighted by atomic mass is 35.5. The zero-order valence-electron chi connectivity index (χ0n) is 25.6. The second-order valence-corrected chi connectivity index (χ2v) is 10.6. The minimum absolute atomic E-state index is 0.118. The van der Waals surface area contributed by atoms with Crippen LogP contribution in [0.4, 0.5) is 0 Å². The molecule has 0 bridgehead atoms. The van der Waals surface area contributed by atoms with Gasteiger partial charge in [0.15, 0.2) is 0 Å². The molecule has 1 aliphatic rings. The van der Waals surface area contributed by atoms with Crippen molar-refractivity contribution < 1.29 is 23.8 Å². The first-order chi connectivity index (χ1) is 20.1. The lowest BCUT2D eigenvalue weighted by Crippen LogP contribution is -2.35. The molecular formula is C31H42ClN5O5. The molecule has 0 aliphatic carbocycles. The molecule has 0 radical (unpaired) electrons. The highest BCUT2D eigenvalue weighted by Crippen LogP contribution is 2.41. The molecule has 0 amide bonds. The number of likely N-dealkylation sites (N-methyl/N-ethyl adjacent to an activating group) is 1. The van der Waals surface area contributed by atoms with Gasteiger partial charge in [-0.3, -0.25) is 14.9 Å². The summed E-state index contributed by atoms with van der Waals surface area (Å²) in [7, 11) is 3.36. The maximum absolute atomic E-state index is 13.3. The Morgan fingerprint density at radius 1 is 1.02 bits per heavy atom. The largest absolute Gasteiger partial charge is 0.466 e. The number of ether oxygens (including phenoxy) is 3. The molecule has 10 nitrogen and oxygen atoms in total. The summed E-state index contributed by atoms with van der Waals surface area (Å²) < 4.78 is 16.4. The van der Waals surface area contributed by atoms with Crippen molar-refractivity contribution in [2.75, 3.05) is 53.6 Å². The number of allylic oxidation sites excluding steroid dienone is 1. The Labute approximate surface area is 253 Å². The first kappa shape index (κ1) is 33.2. The number of esters is 2. The molecule has 0 spiro atoms. The third-order valence-electron chi connectivity index (χ3n) is 7.10. The summed E-state index contributed by atoms with van der Waals surface area (Å²) in [5, 5.41) is 7.01. The van der Waals surface area contributed by atoms with Crippen LogP contribution in [-0.2, 0) is 30.3 Å². The average molecular weight is 600 g/mol. The van der Waals surface area contributed by atoms with Crippen LogP contribution < -0.4 is 10.6 Å². The van der Waals surface area contributed by atoms with E-state index in [0.29, 0.717) is 40.7 Å². The number of rotatable bonds is 14. The van der Waals surface area contributed by atoms with E-state index in [1.165, 1.54) is 7.11 Å². The summed E-state index contributed by atoms with van der Waals surface area (Å²) in [5.41, 5.74) is 6.12. The minimum Gasteiger partial charge on any atom is -0.466 e. The number of nitrogens with one attached hydrogen (secondary N) is 2. The van der Waals surface area contributed by atoms with E-state index in [-0.39, 0.29) is 18.8 Å². The van der Waals surface area contributed by atoms with Crippen molar-refractivity contribution in [3.63, 3.8) is 0 Å². The number of nitrogens with zero attached hydrogens (tertiary/aromatic N) is 3. The van der Waals surface area contributed by atoms with Crippen molar-refractivity contribution in [1.29, 1.82) is 0 Å². The van der Waals surface area contributed by atoms with E-state index >= 15 is 0 Å². The van der Waals surface area contributed by atoms with Crippen LogP contribution in [0.25, 0.3) is 0 Å². The molecular weight excluding hydrogens is 558 g/mol. The Bertz CT molecular complexity index is 1340. The zero-order chi connectivity index (χ0) is 30.8. The number of carbonyl (C=O) groups excluding carboxylic acids is 2. The van der Waals surface area contributed by atoms with Gasteiger partial charge in [-0.1, -0.05) is 29.8 Å². The number of hydrogen-bond donors (Lipinski definition) is 2. The van der Waals surface area contributed by atoms with Gasteiger partial charge in [0.05, 0.1) is 72.5 Å². The molecule has 1 unspecified atom stereocenters. The van der Waals surface area contributed by atoms with Gasteiger partial charge in [-0.05, 0) is 53.3 Å². The van der Waals surface area contributed by atoms with Crippen LogP contribution in [0.15, 0.2) is 46.8 Å². The van der Waals surface area contributed by atoms with Crippen LogP contribution >= 0.6 is 11.6 Å². The molecule has 228 valence electrons. The Kier molecular flexibility index (Phi) is 12.5. The fraction of sp³-hybridized carbons (Fsp3) is 0.484. The van der Waals surface area contributed by atoms with Crippen LogP contribution in [0.3, 0.4) is 0 Å². The van der Waals surface area contributed by atoms with Gasteiger partial charge in [0.2, 0.25) is 0 Å². The lowest BCUT2D eigenvalue weighted by molar-refractivity contribution is -0.139. The average Bonchev–Trinajstić information content (AvgIpc) is 2.95. The van der Waals surface area contributed by atoms with Crippen molar-refractivity contribution in [2.45, 2.75) is 47.1 Å². The van der Waals surface area contributed by atoms with Gasteiger partial charge in [-0.2, -0.15) is 0 Å². The Morgan fingerprint density at radius 3 is 2.43 bits per heavy atom. The van der Waals surface area contributed by atoms with Gasteiger partial charge in [0, 0.05) is 36.9 Å². The summed E-state index contributed by atoms with van der Waals surface area (Å²) in [4.78, 5) is 37.6. The van der Waals surface area contributed by atoms with E-state index in [9.17, 15) is 9.59 Å². The predicted molar refractivity (Wildman–Crippen MR) is 162 cm³/mol. The van der Waals surface area contributed by atoms with Crippen LogP contribution in [0.1, 0.15) is 48.1 Å². The number of dihydropyridines is 1. The molecule has 2 aromatic rings. The summed E-state index contributed by atoms with van der Waals surface area (Å²) >= 11 is 6.56. The smallest absolute Gasteiger partial charge is 0.336 e. The summed E-state index contributed by atoms with van der Waals surface area (Å²) in [6, 6.07) is 7.12. The molecule has 0 saturated heterocycles. The van der Waals surface area contributed by atoms with Crippen LogP contribution in [-0.4, -0.2) is 80.4 Å². The Hall–Kier alpha value is -3.31. The van der Waals surface area contributed by atoms with E-state index in [4.69, 9.17) is 25.8 Å². The quantitative estimate of drug-likeness (QED) is 0.246. The van der Waals surface area contributed by atoms with Crippen molar-refractivity contribution in [3.8, 4) is 0 Å². The first-order valence-electron chi connectivity index (χ1n) is 14.1. The number of methoxy groups -OCH3 is 1. The van der Waals surface area contributed by atoms with Gasteiger partial charge in [-0.15, -0.1) is 0 Å². The van der Waals surface area contributed by atoms with Crippen LogP contribution in [0.2, 0.25) is 5.02 Å². The van der Waals surface area contributed by atoms with Gasteiger partial charge in [-0.25, -0.2) is 9.59 Å². The minimum atomic E-state index is -0.774. The van der Waals surface area contributed by atoms with E-state index in [2.05, 4.69) is 32.5 Å². The van der Waals surface area contributed by atoms with Crippen molar-refractivity contribution >= 4 is 23.5 Å². The van der Waals surface area contributed by atoms with E-state index < -0.39 is 17.9 Å². The van der Waals surface area contributed by atoms with Crippen molar-refractivity contribution in [2.24, 2.45) is 0 Å². The number of aromatic nitrogens is 2. The Morgan fingerprint density at radius 2 is 1.74 bits per heavy atom. The van der Waals surface area contributed by atoms with Crippen LogP contribution in [0.5, 0.6) is 0 Å². The number of hydrogen-bond acceptors (Lipinski definition) is 10. The topological polar surface area (TPSA) is 115 Å². The summed E-state index contributed by atoms with van der Waals surface area (Å²) in [5.74, 6) is -1.88. The lowest BCUT2D eigenvalue weighted by Gasteiger charge is -2.31. The summed E-state index contributed by atoms with van der Waals surface area (Å²) in [6.45, 7) is 13.1. The van der Waals surface area contributed by atoms with Gasteiger partial charge in [0.25, 0.3) is 0 Å². The molecule has 42 heavy (non-hydrogen) atoms. The normalized spacial score (nSPS) is 15.2. The van der Waals surface area contributed by atoms with E-state index in [0.717, 1.165) is 42.4 Å². The SMILES string of the molecule is CCOC(=O)C1=C(COCCNCCN(C)Cc2nc(C)c(C)nc2C)NC(C)=C(C(=O)OC)C1c1ccccc1Cl. The molecule has 11 heteroatoms. The monoisotopic (exact) mass is 599 g/mol. The van der Waals surface area contributed by atoms with Gasteiger partial charge >= 0.3 is 11.9 Å². The standard InChI is InChI=1S/C31H42ClN5O5/c1-8-42-31(39)29-26(36-22(5)27(30(38)40-7)28(29)23-11-9-10-12-24(23)32)18-41-16-14-33-13-15-37(6)17-25-21(4)34-19(2)20(3)35-25/h9-12,28,33,36H,8,13-18H2,1-7H3. The molecule has 1 aromatic carbocycles. The zero-order valence-corrected chi connectivity index (χ0v) is 26.4. The van der Waals surface area contributed by atoms with Crippen LogP contribution in [0, 0.1) is 20.8 Å². The van der Waals surface area contributed by atoms with Crippen molar-refractivity contribution in [3.05, 3.63) is 80.2 Å². The highest BCUT2D eigenvalue weighted by Gasteiger charge is 2.39. The van der Waals surface area contributed by atoms with Gasteiger partial charge < -0.3 is 24.8 Å². The highest BCUT2D eigenvalue weighted by molar-refractivity contribution is 6.31. The lowest BCUT2D eigenvalue weighted by atomic mass is 9.80. The number of benzene rings is 1. The second-order valence-electron chi connectivity index (χ2n) is 10.2. The molecule has 1 aliphatic heterocycles. The molecule has 0 saturated carbocycles. The fourth-order valence-electron chi connectivity index (χ4n) is 4.82.